The Labute approximate surface area is 181 Å². The van der Waals surface area contributed by atoms with E-state index in [9.17, 15) is 14.4 Å². The van der Waals surface area contributed by atoms with E-state index in [0.29, 0.717) is 27.5 Å². The first-order chi connectivity index (χ1) is 14.4. The Morgan fingerprint density at radius 1 is 1.07 bits per heavy atom. The van der Waals surface area contributed by atoms with Crippen molar-refractivity contribution in [2.45, 2.75) is 20.0 Å². The summed E-state index contributed by atoms with van der Waals surface area (Å²) >= 11 is 7.37. The normalized spacial score (nSPS) is 11.0. The highest BCUT2D eigenvalue weighted by Gasteiger charge is 2.18. The van der Waals surface area contributed by atoms with E-state index in [0.717, 1.165) is 15.0 Å². The summed E-state index contributed by atoms with van der Waals surface area (Å²) in [5.74, 6) is -0.315. The van der Waals surface area contributed by atoms with Crippen molar-refractivity contribution >= 4 is 39.1 Å². The molecule has 0 aliphatic carbocycles. The fourth-order valence-corrected chi connectivity index (χ4v) is 4.42. The van der Waals surface area contributed by atoms with Crippen molar-refractivity contribution in [1.82, 2.24) is 14.5 Å². The van der Waals surface area contributed by atoms with Crippen LogP contribution in [0.2, 0.25) is 5.02 Å². The van der Waals surface area contributed by atoms with Crippen molar-refractivity contribution < 1.29 is 4.79 Å². The van der Waals surface area contributed by atoms with Crippen LogP contribution in [0.15, 0.2) is 70.3 Å². The Kier molecular flexibility index (Phi) is 5.57. The molecule has 1 amide bonds. The molecule has 1 N–H and O–H groups in total. The quantitative estimate of drug-likeness (QED) is 0.517. The van der Waals surface area contributed by atoms with Gasteiger partial charge in [-0.25, -0.2) is 9.36 Å². The van der Waals surface area contributed by atoms with Crippen LogP contribution >= 0.6 is 22.9 Å². The molecule has 30 heavy (non-hydrogen) atoms. The molecule has 4 aromatic rings. The van der Waals surface area contributed by atoms with Gasteiger partial charge in [0.05, 0.1) is 11.1 Å². The maximum atomic E-state index is 13.2. The summed E-state index contributed by atoms with van der Waals surface area (Å²) in [6.07, 6.45) is 0. The molecule has 0 radical (unpaired) electrons. The van der Waals surface area contributed by atoms with Crippen LogP contribution in [0.5, 0.6) is 0 Å². The van der Waals surface area contributed by atoms with Gasteiger partial charge >= 0.3 is 5.69 Å². The van der Waals surface area contributed by atoms with Gasteiger partial charge in [-0.2, -0.15) is 0 Å². The summed E-state index contributed by atoms with van der Waals surface area (Å²) in [7, 11) is 0. The van der Waals surface area contributed by atoms with Gasteiger partial charge in [-0.05, 0) is 36.8 Å². The molecule has 152 valence electrons. The van der Waals surface area contributed by atoms with Crippen LogP contribution in [-0.2, 0) is 17.9 Å². The molecule has 0 spiro atoms. The lowest BCUT2D eigenvalue weighted by Crippen LogP contribution is -2.41. The smallest absolute Gasteiger partial charge is 0.337 e. The van der Waals surface area contributed by atoms with Crippen molar-refractivity contribution in [3.8, 4) is 5.69 Å². The third-order valence-electron chi connectivity index (χ3n) is 4.64. The van der Waals surface area contributed by atoms with E-state index in [1.807, 2.05) is 37.3 Å². The molecule has 0 aliphatic heterocycles. The summed E-state index contributed by atoms with van der Waals surface area (Å²) < 4.78 is 2.40. The molecular weight excluding hydrogens is 422 g/mol. The molecule has 2 heterocycles. The van der Waals surface area contributed by atoms with E-state index in [-0.39, 0.29) is 12.5 Å². The lowest BCUT2D eigenvalue weighted by Gasteiger charge is -2.12. The molecule has 0 atom stereocenters. The average Bonchev–Trinajstić information content (AvgIpc) is 3.12. The second-order valence-corrected chi connectivity index (χ2v) is 8.50. The predicted octanol–water partition coefficient (Wildman–Crippen LogP) is 3.49. The number of hydrogen-bond donors (Lipinski definition) is 1. The maximum absolute atomic E-state index is 13.2. The highest BCUT2D eigenvalue weighted by molar-refractivity contribution is 7.18. The lowest BCUT2D eigenvalue weighted by molar-refractivity contribution is -0.121. The molecule has 0 fully saturated rings. The van der Waals surface area contributed by atoms with E-state index < -0.39 is 11.2 Å². The van der Waals surface area contributed by atoms with Crippen molar-refractivity contribution in [3.05, 3.63) is 97.0 Å². The summed E-state index contributed by atoms with van der Waals surface area (Å²) in [6, 6.07) is 17.8. The average molecular weight is 440 g/mol. The Morgan fingerprint density at radius 3 is 2.57 bits per heavy atom. The number of fused-ring (bicyclic) bond motifs is 1. The first-order valence-corrected chi connectivity index (χ1v) is 10.5. The molecule has 0 aliphatic rings. The van der Waals surface area contributed by atoms with E-state index in [4.69, 9.17) is 11.6 Å². The fraction of sp³-hybridized carbons (Fsp3) is 0.136. The third-order valence-corrected chi connectivity index (χ3v) is 5.95. The Hall–Kier alpha value is -3.16. The molecule has 0 unspecified atom stereocenters. The monoisotopic (exact) mass is 439 g/mol. The van der Waals surface area contributed by atoms with Crippen molar-refractivity contribution in [3.63, 3.8) is 0 Å². The minimum atomic E-state index is -0.577. The summed E-state index contributed by atoms with van der Waals surface area (Å²) in [5, 5.41) is 3.63. The molecular formula is C22H18ClN3O3S. The summed E-state index contributed by atoms with van der Waals surface area (Å²) in [4.78, 5) is 40.2. The molecule has 2 aromatic heterocycles. The number of amides is 1. The van der Waals surface area contributed by atoms with Gasteiger partial charge in [0.25, 0.3) is 5.56 Å². The van der Waals surface area contributed by atoms with E-state index >= 15 is 0 Å². The highest BCUT2D eigenvalue weighted by Crippen LogP contribution is 2.22. The second-order valence-electron chi connectivity index (χ2n) is 6.83. The van der Waals surface area contributed by atoms with Gasteiger partial charge in [0, 0.05) is 16.4 Å². The van der Waals surface area contributed by atoms with E-state index in [1.165, 1.54) is 15.9 Å². The topological polar surface area (TPSA) is 73.1 Å². The maximum Gasteiger partial charge on any atom is 0.337 e. The summed E-state index contributed by atoms with van der Waals surface area (Å²) in [5.41, 5.74) is 0.315. The number of aryl methyl sites for hydroxylation is 1. The van der Waals surface area contributed by atoms with Crippen LogP contribution in [0.25, 0.3) is 15.9 Å². The second kappa shape index (κ2) is 8.30. The number of halogens is 1. The van der Waals surface area contributed by atoms with Gasteiger partial charge in [0.1, 0.15) is 11.4 Å². The molecule has 0 saturated heterocycles. The zero-order chi connectivity index (χ0) is 21.3. The van der Waals surface area contributed by atoms with Gasteiger partial charge in [0.2, 0.25) is 5.91 Å². The molecule has 8 heteroatoms. The minimum absolute atomic E-state index is 0.192. The Balaban J connectivity index is 1.76. The fourth-order valence-electron chi connectivity index (χ4n) is 3.25. The molecule has 4 rings (SSSR count). The number of nitrogens with one attached hydrogen (secondary N) is 1. The number of hydrogen-bond acceptors (Lipinski definition) is 4. The van der Waals surface area contributed by atoms with Gasteiger partial charge in [-0.15, -0.1) is 11.3 Å². The van der Waals surface area contributed by atoms with E-state index in [2.05, 4.69) is 5.32 Å². The number of nitrogens with zero attached hydrogens (tertiary/aromatic N) is 2. The van der Waals surface area contributed by atoms with Crippen molar-refractivity contribution in [2.75, 3.05) is 0 Å². The van der Waals surface area contributed by atoms with Crippen LogP contribution in [0.4, 0.5) is 0 Å². The largest absolute Gasteiger partial charge is 0.350 e. The molecule has 0 bridgehead atoms. The number of carbonyl (C=O) groups excluding carboxylic acids is 1. The standard InChI is InChI=1S/C22H18ClN3O3S/c1-14-10-18-20(28)26(17-9-5-8-16(23)11-17)22(29)25(21(18)30-14)13-19(27)24-12-15-6-3-2-4-7-15/h2-11H,12-13H2,1H3,(H,24,27). The third kappa shape index (κ3) is 3.94. The number of carbonyl (C=O) groups is 1. The van der Waals surface area contributed by atoms with E-state index in [1.54, 1.807) is 30.3 Å². The van der Waals surface area contributed by atoms with Crippen LogP contribution in [-0.4, -0.2) is 15.0 Å². The van der Waals surface area contributed by atoms with Crippen LogP contribution in [0.1, 0.15) is 10.4 Å². The van der Waals surface area contributed by atoms with Crippen LogP contribution < -0.4 is 16.6 Å². The van der Waals surface area contributed by atoms with Crippen LogP contribution in [0.3, 0.4) is 0 Å². The number of benzene rings is 2. The van der Waals surface area contributed by atoms with Crippen molar-refractivity contribution in [1.29, 1.82) is 0 Å². The predicted molar refractivity (Wildman–Crippen MR) is 120 cm³/mol. The van der Waals surface area contributed by atoms with Gasteiger partial charge in [-0.3, -0.25) is 14.2 Å². The van der Waals surface area contributed by atoms with Crippen LogP contribution in [0, 0.1) is 6.92 Å². The highest BCUT2D eigenvalue weighted by atomic mass is 35.5. The lowest BCUT2D eigenvalue weighted by atomic mass is 10.2. The van der Waals surface area contributed by atoms with Crippen molar-refractivity contribution in [2.24, 2.45) is 0 Å². The summed E-state index contributed by atoms with van der Waals surface area (Å²) in [6.45, 7) is 2.02. The SMILES string of the molecule is Cc1cc2c(=O)n(-c3cccc(Cl)c3)c(=O)n(CC(=O)NCc3ccccc3)c2s1. The number of aromatic nitrogens is 2. The molecule has 2 aromatic carbocycles. The molecule has 0 saturated carbocycles. The molecule has 6 nitrogen and oxygen atoms in total. The zero-order valence-electron chi connectivity index (χ0n) is 16.1. The Morgan fingerprint density at radius 2 is 1.83 bits per heavy atom. The zero-order valence-corrected chi connectivity index (χ0v) is 17.7. The Bertz CT molecular complexity index is 1360. The van der Waals surface area contributed by atoms with Gasteiger partial charge < -0.3 is 5.32 Å². The van der Waals surface area contributed by atoms with Gasteiger partial charge in [-0.1, -0.05) is 48.0 Å². The number of thiophene rings is 1. The number of rotatable bonds is 5. The first kappa shape index (κ1) is 20.1. The first-order valence-electron chi connectivity index (χ1n) is 9.26. The van der Waals surface area contributed by atoms with Gasteiger partial charge in [0.15, 0.2) is 0 Å². The minimum Gasteiger partial charge on any atom is -0.350 e.